The molecular weight excluding hydrogens is 368 g/mol. The van der Waals surface area contributed by atoms with Crippen molar-refractivity contribution in [2.45, 2.75) is 0 Å². The topological polar surface area (TPSA) is 99.1 Å². The van der Waals surface area contributed by atoms with E-state index in [1.165, 1.54) is 0 Å². The Morgan fingerprint density at radius 1 is 1.10 bits per heavy atom. The van der Waals surface area contributed by atoms with Crippen molar-refractivity contribution >= 4 is 28.3 Å². The number of anilines is 2. The number of nitrogens with one attached hydrogen (secondary N) is 3. The predicted molar refractivity (Wildman–Crippen MR) is 111 cm³/mol. The Hall–Kier alpha value is -3.65. The lowest BCUT2D eigenvalue weighted by Crippen LogP contribution is -2.43. The lowest BCUT2D eigenvalue weighted by atomic mass is 10.2. The van der Waals surface area contributed by atoms with E-state index < -0.39 is 0 Å². The van der Waals surface area contributed by atoms with Gasteiger partial charge in [-0.25, -0.2) is 4.98 Å². The van der Waals surface area contributed by atoms with Gasteiger partial charge in [-0.1, -0.05) is 12.1 Å². The summed E-state index contributed by atoms with van der Waals surface area (Å²) >= 11 is 0. The van der Waals surface area contributed by atoms with Crippen molar-refractivity contribution in [2.24, 2.45) is 0 Å². The second-order valence-corrected chi connectivity index (χ2v) is 6.85. The molecule has 3 N–H and O–H groups in total. The van der Waals surface area contributed by atoms with Crippen LogP contribution in [0, 0.1) is 0 Å². The number of aromatic amines is 1. The summed E-state index contributed by atoms with van der Waals surface area (Å²) < 4.78 is 5.77. The zero-order valence-electron chi connectivity index (χ0n) is 15.7. The fraction of sp³-hybridized carbons (Fsp3) is 0.190. The van der Waals surface area contributed by atoms with Crippen molar-refractivity contribution in [3.8, 4) is 11.6 Å². The number of imidazole rings is 1. The van der Waals surface area contributed by atoms with Gasteiger partial charge in [0.15, 0.2) is 17.3 Å². The Morgan fingerprint density at radius 2 is 1.97 bits per heavy atom. The molecule has 1 aliphatic rings. The van der Waals surface area contributed by atoms with Gasteiger partial charge in [0.2, 0.25) is 0 Å². The third-order valence-electron chi connectivity index (χ3n) is 4.96. The van der Waals surface area contributed by atoms with E-state index in [0.29, 0.717) is 17.3 Å². The number of amides is 1. The fourth-order valence-electron chi connectivity index (χ4n) is 3.51. The summed E-state index contributed by atoms with van der Waals surface area (Å²) in [5.41, 5.74) is 3.39. The minimum absolute atomic E-state index is 0.218. The molecule has 8 nitrogen and oxygen atoms in total. The molecular formula is C21H20N6O2. The van der Waals surface area contributed by atoms with E-state index in [-0.39, 0.29) is 11.7 Å². The van der Waals surface area contributed by atoms with Gasteiger partial charge in [0.05, 0.1) is 28.6 Å². The fourth-order valence-corrected chi connectivity index (χ4v) is 3.51. The second-order valence-electron chi connectivity index (χ2n) is 6.85. The van der Waals surface area contributed by atoms with E-state index >= 15 is 0 Å². The molecule has 4 heterocycles. The van der Waals surface area contributed by atoms with Crippen LogP contribution in [0.3, 0.4) is 0 Å². The Bertz CT molecular complexity index is 1130. The van der Waals surface area contributed by atoms with Crippen molar-refractivity contribution in [1.82, 2.24) is 20.3 Å². The van der Waals surface area contributed by atoms with E-state index in [4.69, 9.17) is 4.42 Å². The Labute approximate surface area is 167 Å². The number of hydrogen-bond acceptors (Lipinski definition) is 6. The molecule has 1 fully saturated rings. The number of benzene rings is 1. The molecule has 1 amide bonds. The van der Waals surface area contributed by atoms with Crippen molar-refractivity contribution < 1.29 is 9.21 Å². The molecule has 146 valence electrons. The van der Waals surface area contributed by atoms with Crippen LogP contribution in [-0.2, 0) is 0 Å². The SMILES string of the molecule is O=C(Nc1cnccc1N1CCNCC1)c1ccc(-c2nc3ccccc3[nH]2)o1. The smallest absolute Gasteiger partial charge is 0.291 e. The van der Waals surface area contributed by atoms with Gasteiger partial charge in [0, 0.05) is 32.4 Å². The number of rotatable bonds is 4. The van der Waals surface area contributed by atoms with Crippen LogP contribution >= 0.6 is 0 Å². The highest BCUT2D eigenvalue weighted by Crippen LogP contribution is 2.27. The van der Waals surface area contributed by atoms with Gasteiger partial charge in [0.1, 0.15) is 0 Å². The summed E-state index contributed by atoms with van der Waals surface area (Å²) in [6, 6.07) is 13.1. The molecule has 1 saturated heterocycles. The summed E-state index contributed by atoms with van der Waals surface area (Å²) in [4.78, 5) is 26.9. The standard InChI is InChI=1S/C21H20N6O2/c28-21(26-16-13-23-8-7-17(16)27-11-9-22-10-12-27)19-6-5-18(29-19)20-24-14-3-1-2-4-15(14)25-20/h1-8,13,22H,9-12H2,(H,24,25)(H,26,28). The summed E-state index contributed by atoms with van der Waals surface area (Å²) in [5, 5.41) is 6.26. The molecule has 1 aliphatic heterocycles. The van der Waals surface area contributed by atoms with Gasteiger partial charge in [-0.05, 0) is 30.3 Å². The molecule has 29 heavy (non-hydrogen) atoms. The van der Waals surface area contributed by atoms with Crippen LogP contribution in [0.25, 0.3) is 22.6 Å². The van der Waals surface area contributed by atoms with Gasteiger partial charge in [-0.15, -0.1) is 0 Å². The lowest BCUT2D eigenvalue weighted by molar-refractivity contribution is 0.0997. The second kappa shape index (κ2) is 7.40. The molecule has 5 rings (SSSR count). The maximum atomic E-state index is 12.8. The van der Waals surface area contributed by atoms with Crippen LogP contribution in [0.1, 0.15) is 10.6 Å². The summed E-state index contributed by atoms with van der Waals surface area (Å²) in [6.07, 6.45) is 3.40. The minimum Gasteiger partial charge on any atom is -0.448 e. The number of carbonyl (C=O) groups excluding carboxylic acids is 1. The van der Waals surface area contributed by atoms with Gasteiger partial charge >= 0.3 is 0 Å². The molecule has 1 aromatic carbocycles. The van der Waals surface area contributed by atoms with Crippen LogP contribution in [0.2, 0.25) is 0 Å². The monoisotopic (exact) mass is 388 g/mol. The Morgan fingerprint density at radius 3 is 2.83 bits per heavy atom. The highest BCUT2D eigenvalue weighted by atomic mass is 16.4. The zero-order chi connectivity index (χ0) is 19.6. The van der Waals surface area contributed by atoms with Crippen LogP contribution in [0.5, 0.6) is 0 Å². The minimum atomic E-state index is -0.322. The van der Waals surface area contributed by atoms with Crippen LogP contribution < -0.4 is 15.5 Å². The summed E-state index contributed by atoms with van der Waals surface area (Å²) in [6.45, 7) is 3.58. The van der Waals surface area contributed by atoms with Crippen molar-refractivity contribution in [1.29, 1.82) is 0 Å². The first-order valence-corrected chi connectivity index (χ1v) is 9.54. The number of aromatic nitrogens is 3. The number of carbonyl (C=O) groups is 1. The molecule has 8 heteroatoms. The van der Waals surface area contributed by atoms with E-state index in [1.54, 1.807) is 24.5 Å². The number of fused-ring (bicyclic) bond motifs is 1. The average molecular weight is 388 g/mol. The zero-order valence-corrected chi connectivity index (χ0v) is 15.7. The van der Waals surface area contributed by atoms with Gasteiger partial charge in [0.25, 0.3) is 5.91 Å². The number of pyridine rings is 1. The number of nitrogens with zero attached hydrogens (tertiary/aromatic N) is 3. The molecule has 0 unspecified atom stereocenters. The molecule has 0 saturated carbocycles. The molecule has 3 aromatic heterocycles. The highest BCUT2D eigenvalue weighted by molar-refractivity contribution is 6.04. The molecule has 0 aliphatic carbocycles. The van der Waals surface area contributed by atoms with Crippen molar-refractivity contribution in [3.05, 3.63) is 60.6 Å². The van der Waals surface area contributed by atoms with Gasteiger partial charge in [-0.3, -0.25) is 9.78 Å². The first kappa shape index (κ1) is 17.4. The number of para-hydroxylation sites is 2. The van der Waals surface area contributed by atoms with E-state index in [1.807, 2.05) is 30.3 Å². The highest BCUT2D eigenvalue weighted by Gasteiger charge is 2.19. The average Bonchev–Trinajstić information content (AvgIpc) is 3.42. The third-order valence-corrected chi connectivity index (χ3v) is 4.96. The quantitative estimate of drug-likeness (QED) is 0.497. The molecule has 0 atom stereocenters. The third kappa shape index (κ3) is 3.45. The number of H-pyrrole nitrogens is 1. The van der Waals surface area contributed by atoms with E-state index in [9.17, 15) is 4.79 Å². The predicted octanol–water partition coefficient (Wildman–Crippen LogP) is 2.88. The molecule has 0 bridgehead atoms. The summed E-state index contributed by atoms with van der Waals surface area (Å²) in [7, 11) is 0. The first-order valence-electron chi connectivity index (χ1n) is 9.54. The van der Waals surface area contributed by atoms with E-state index in [2.05, 4.69) is 30.5 Å². The molecule has 4 aromatic rings. The normalized spacial score (nSPS) is 14.3. The first-order chi connectivity index (χ1) is 14.3. The van der Waals surface area contributed by atoms with E-state index in [0.717, 1.165) is 42.9 Å². The Kier molecular flexibility index (Phi) is 4.45. The van der Waals surface area contributed by atoms with Gasteiger partial charge < -0.3 is 24.9 Å². The molecule has 0 spiro atoms. The van der Waals surface area contributed by atoms with Crippen molar-refractivity contribution in [2.75, 3.05) is 36.4 Å². The summed E-state index contributed by atoms with van der Waals surface area (Å²) in [5.74, 6) is 1.00. The molecule has 0 radical (unpaired) electrons. The maximum Gasteiger partial charge on any atom is 0.291 e. The maximum absolute atomic E-state index is 12.8. The number of hydrogen-bond donors (Lipinski definition) is 3. The van der Waals surface area contributed by atoms with Crippen LogP contribution in [0.15, 0.2) is 59.3 Å². The lowest BCUT2D eigenvalue weighted by Gasteiger charge is -2.30. The van der Waals surface area contributed by atoms with Crippen LogP contribution in [-0.4, -0.2) is 47.0 Å². The number of piperazine rings is 1. The Balaban J connectivity index is 1.37. The number of furan rings is 1. The van der Waals surface area contributed by atoms with Gasteiger partial charge in [-0.2, -0.15) is 0 Å². The van der Waals surface area contributed by atoms with Crippen molar-refractivity contribution in [3.63, 3.8) is 0 Å². The largest absolute Gasteiger partial charge is 0.448 e. The van der Waals surface area contributed by atoms with Crippen LogP contribution in [0.4, 0.5) is 11.4 Å².